The maximum Gasteiger partial charge on any atom is 0.00922 e. The lowest BCUT2D eigenvalue weighted by molar-refractivity contribution is 0.166. The lowest BCUT2D eigenvalue weighted by atomic mass is 9.88. The molecule has 1 aliphatic rings. The summed E-state index contributed by atoms with van der Waals surface area (Å²) in [5.41, 5.74) is 6.06. The first kappa shape index (κ1) is 13.0. The molecular weight excluding hydrogens is 184 g/mol. The van der Waals surface area contributed by atoms with Crippen LogP contribution in [0.3, 0.4) is 0 Å². The molecule has 0 unspecified atom stereocenters. The van der Waals surface area contributed by atoms with Crippen LogP contribution < -0.4 is 5.73 Å². The normalized spacial score (nSPS) is 19.8. The summed E-state index contributed by atoms with van der Waals surface area (Å²) in [6.07, 6.45) is 8.32. The van der Waals surface area contributed by atoms with Crippen molar-refractivity contribution in [2.24, 2.45) is 11.1 Å². The minimum atomic E-state index is 0.308. The van der Waals surface area contributed by atoms with Crippen molar-refractivity contribution >= 4 is 0 Å². The van der Waals surface area contributed by atoms with Crippen molar-refractivity contribution in [2.75, 3.05) is 20.1 Å². The molecule has 0 spiro atoms. The van der Waals surface area contributed by atoms with E-state index >= 15 is 0 Å². The van der Waals surface area contributed by atoms with Gasteiger partial charge in [0, 0.05) is 6.04 Å². The van der Waals surface area contributed by atoms with Gasteiger partial charge in [-0.1, -0.05) is 33.1 Å². The fourth-order valence-corrected chi connectivity index (χ4v) is 2.29. The third-order valence-corrected chi connectivity index (χ3v) is 3.89. The van der Waals surface area contributed by atoms with E-state index in [2.05, 4.69) is 25.8 Å². The van der Waals surface area contributed by atoms with Gasteiger partial charge in [0.25, 0.3) is 0 Å². The molecule has 0 radical (unpaired) electrons. The third-order valence-electron chi connectivity index (χ3n) is 3.89. The van der Waals surface area contributed by atoms with E-state index in [1.54, 1.807) is 0 Å². The zero-order valence-corrected chi connectivity index (χ0v) is 10.8. The van der Waals surface area contributed by atoms with Gasteiger partial charge in [-0.2, -0.15) is 0 Å². The number of nitrogens with two attached hydrogens (primary N) is 1. The molecule has 1 saturated carbocycles. The second kappa shape index (κ2) is 5.86. The third kappa shape index (κ3) is 4.52. The molecule has 2 N–H and O–H groups in total. The summed E-state index contributed by atoms with van der Waals surface area (Å²) in [5.74, 6) is 0. The summed E-state index contributed by atoms with van der Waals surface area (Å²) in [7, 11) is 2.28. The molecule has 0 heterocycles. The van der Waals surface area contributed by atoms with Crippen LogP contribution in [0.15, 0.2) is 0 Å². The summed E-state index contributed by atoms with van der Waals surface area (Å²) in [6, 6.07) is 0.840. The molecule has 0 bridgehead atoms. The van der Waals surface area contributed by atoms with E-state index in [9.17, 15) is 0 Å². The molecule has 1 fully saturated rings. The molecule has 2 heteroatoms. The highest BCUT2D eigenvalue weighted by Gasteiger charge is 2.21. The van der Waals surface area contributed by atoms with Gasteiger partial charge in [0.1, 0.15) is 0 Å². The van der Waals surface area contributed by atoms with Crippen molar-refractivity contribution in [3.63, 3.8) is 0 Å². The smallest absolute Gasteiger partial charge is 0.00922 e. The van der Waals surface area contributed by atoms with Crippen molar-refractivity contribution in [1.29, 1.82) is 0 Å². The second-order valence-electron chi connectivity index (χ2n) is 5.89. The number of hydrogen-bond donors (Lipinski definition) is 1. The van der Waals surface area contributed by atoms with E-state index in [0.717, 1.165) is 12.6 Å². The van der Waals surface area contributed by atoms with E-state index in [0.29, 0.717) is 5.41 Å². The zero-order valence-electron chi connectivity index (χ0n) is 10.8. The topological polar surface area (TPSA) is 29.3 Å². The van der Waals surface area contributed by atoms with Crippen LogP contribution in [0.4, 0.5) is 0 Å². The van der Waals surface area contributed by atoms with E-state index in [1.165, 1.54) is 45.1 Å². The highest BCUT2D eigenvalue weighted by atomic mass is 15.1. The Morgan fingerprint density at radius 1 is 1.20 bits per heavy atom. The first-order chi connectivity index (χ1) is 7.05. The Kier molecular flexibility index (Phi) is 5.07. The lowest BCUT2D eigenvalue weighted by Gasteiger charge is -2.33. The van der Waals surface area contributed by atoms with Gasteiger partial charge < -0.3 is 10.6 Å². The largest absolute Gasteiger partial charge is 0.330 e. The predicted octanol–water partition coefficient (Wildman–Crippen LogP) is 2.63. The van der Waals surface area contributed by atoms with Gasteiger partial charge >= 0.3 is 0 Å². The fraction of sp³-hybridized carbons (Fsp3) is 1.00. The average Bonchev–Trinajstić information content (AvgIpc) is 2.27. The average molecular weight is 212 g/mol. The molecule has 2 nitrogen and oxygen atoms in total. The first-order valence-electron chi connectivity index (χ1n) is 6.45. The maximum atomic E-state index is 5.75. The van der Waals surface area contributed by atoms with Crippen LogP contribution in [0.1, 0.15) is 52.4 Å². The Labute approximate surface area is 95.2 Å². The number of nitrogens with zero attached hydrogens (tertiary/aromatic N) is 1. The van der Waals surface area contributed by atoms with Gasteiger partial charge in [0.2, 0.25) is 0 Å². The molecule has 1 rings (SSSR count). The van der Waals surface area contributed by atoms with Crippen molar-refractivity contribution in [1.82, 2.24) is 4.90 Å². The molecule has 1 aliphatic carbocycles. The minimum Gasteiger partial charge on any atom is -0.330 e. The minimum absolute atomic E-state index is 0.308. The van der Waals surface area contributed by atoms with Crippen molar-refractivity contribution in [3.05, 3.63) is 0 Å². The lowest BCUT2D eigenvalue weighted by Crippen LogP contribution is -2.37. The molecule has 0 atom stereocenters. The zero-order chi connectivity index (χ0) is 11.3. The number of rotatable bonds is 5. The van der Waals surface area contributed by atoms with E-state index in [-0.39, 0.29) is 0 Å². The maximum absolute atomic E-state index is 5.75. The fourth-order valence-electron chi connectivity index (χ4n) is 2.29. The summed E-state index contributed by atoms with van der Waals surface area (Å²) >= 11 is 0. The van der Waals surface area contributed by atoms with Gasteiger partial charge in [0.15, 0.2) is 0 Å². The molecule has 0 aromatic heterocycles. The SMILES string of the molecule is CN(CCC(C)(C)CN)C1CCCCC1. The highest BCUT2D eigenvalue weighted by Crippen LogP contribution is 2.24. The van der Waals surface area contributed by atoms with Crippen molar-refractivity contribution < 1.29 is 0 Å². The van der Waals surface area contributed by atoms with Crippen LogP contribution in [-0.4, -0.2) is 31.1 Å². The van der Waals surface area contributed by atoms with Gasteiger partial charge in [0.05, 0.1) is 0 Å². The standard InChI is InChI=1S/C13H28N2/c1-13(2,11-14)9-10-15(3)12-7-5-4-6-8-12/h12H,4-11,14H2,1-3H3. The first-order valence-corrected chi connectivity index (χ1v) is 6.45. The Morgan fingerprint density at radius 3 is 2.33 bits per heavy atom. The van der Waals surface area contributed by atoms with E-state index < -0.39 is 0 Å². The Balaban J connectivity index is 2.25. The summed E-state index contributed by atoms with van der Waals surface area (Å²) in [6.45, 7) is 6.53. The monoisotopic (exact) mass is 212 g/mol. The van der Waals surface area contributed by atoms with Crippen LogP contribution >= 0.6 is 0 Å². The second-order valence-corrected chi connectivity index (χ2v) is 5.89. The molecule has 0 amide bonds. The summed E-state index contributed by atoms with van der Waals surface area (Å²) in [4.78, 5) is 2.55. The Morgan fingerprint density at radius 2 is 1.80 bits per heavy atom. The van der Waals surface area contributed by atoms with Crippen LogP contribution in [0.2, 0.25) is 0 Å². The molecule has 0 aromatic rings. The molecule has 0 saturated heterocycles. The summed E-state index contributed by atoms with van der Waals surface area (Å²) < 4.78 is 0. The van der Waals surface area contributed by atoms with Crippen molar-refractivity contribution in [2.45, 2.75) is 58.4 Å². The molecule has 90 valence electrons. The number of hydrogen-bond acceptors (Lipinski definition) is 2. The Bertz CT molecular complexity index is 171. The highest BCUT2D eigenvalue weighted by molar-refractivity contribution is 4.76. The quantitative estimate of drug-likeness (QED) is 0.759. The van der Waals surface area contributed by atoms with E-state index in [4.69, 9.17) is 5.73 Å². The van der Waals surface area contributed by atoms with Crippen LogP contribution in [0, 0.1) is 5.41 Å². The van der Waals surface area contributed by atoms with E-state index in [1.807, 2.05) is 0 Å². The van der Waals surface area contributed by atoms with Crippen LogP contribution in [0.25, 0.3) is 0 Å². The summed E-state index contributed by atoms with van der Waals surface area (Å²) in [5, 5.41) is 0. The molecular formula is C13H28N2. The predicted molar refractivity (Wildman–Crippen MR) is 67.0 cm³/mol. The van der Waals surface area contributed by atoms with Gasteiger partial charge in [-0.3, -0.25) is 0 Å². The molecule has 0 aromatic carbocycles. The van der Waals surface area contributed by atoms with Gasteiger partial charge in [-0.05, 0) is 44.8 Å². The molecule has 0 aliphatic heterocycles. The van der Waals surface area contributed by atoms with Gasteiger partial charge in [-0.25, -0.2) is 0 Å². The Hall–Kier alpha value is -0.0800. The van der Waals surface area contributed by atoms with Crippen LogP contribution in [-0.2, 0) is 0 Å². The van der Waals surface area contributed by atoms with Crippen molar-refractivity contribution in [3.8, 4) is 0 Å². The van der Waals surface area contributed by atoms with Crippen LogP contribution in [0.5, 0.6) is 0 Å². The molecule has 15 heavy (non-hydrogen) atoms. The van der Waals surface area contributed by atoms with Gasteiger partial charge in [-0.15, -0.1) is 0 Å².